The molecule has 0 spiro atoms. The van der Waals surface area contributed by atoms with Crippen LogP contribution >= 0.6 is 0 Å². The Morgan fingerprint density at radius 3 is 2.88 bits per heavy atom. The molecular formula is C20H23N3O3. The van der Waals surface area contributed by atoms with Crippen LogP contribution in [0.5, 0.6) is 0 Å². The lowest BCUT2D eigenvalue weighted by Crippen LogP contribution is -2.40. The number of anilines is 1. The Balaban J connectivity index is 1.60. The highest BCUT2D eigenvalue weighted by Gasteiger charge is 2.26. The molecule has 1 aliphatic rings. The van der Waals surface area contributed by atoms with E-state index in [0.29, 0.717) is 24.5 Å². The first kappa shape index (κ1) is 18.1. The maximum absolute atomic E-state index is 12.5. The van der Waals surface area contributed by atoms with Crippen molar-refractivity contribution in [3.8, 4) is 0 Å². The van der Waals surface area contributed by atoms with Crippen molar-refractivity contribution in [2.45, 2.75) is 26.3 Å². The van der Waals surface area contributed by atoms with E-state index >= 15 is 0 Å². The third-order valence-electron chi connectivity index (χ3n) is 4.62. The first-order chi connectivity index (χ1) is 12.5. The van der Waals surface area contributed by atoms with Crippen LogP contribution in [-0.4, -0.2) is 40.0 Å². The second kappa shape index (κ2) is 8.10. The van der Waals surface area contributed by atoms with Crippen molar-refractivity contribution < 1.29 is 14.7 Å². The highest BCUT2D eigenvalue weighted by molar-refractivity contribution is 5.91. The van der Waals surface area contributed by atoms with Crippen LogP contribution in [0.4, 0.5) is 5.82 Å². The van der Waals surface area contributed by atoms with E-state index in [9.17, 15) is 9.59 Å². The molecule has 6 nitrogen and oxygen atoms in total. The van der Waals surface area contributed by atoms with Crippen molar-refractivity contribution in [1.29, 1.82) is 0 Å². The molecule has 1 unspecified atom stereocenters. The second-order valence-electron chi connectivity index (χ2n) is 6.79. The van der Waals surface area contributed by atoms with E-state index in [2.05, 4.69) is 15.2 Å². The van der Waals surface area contributed by atoms with Gasteiger partial charge in [-0.1, -0.05) is 18.2 Å². The smallest absolute Gasteiger partial charge is 0.335 e. The molecule has 2 N–H and O–H groups in total. The number of carboxylic acid groups (broad SMARTS) is 1. The predicted molar refractivity (Wildman–Crippen MR) is 99.0 cm³/mol. The normalized spacial score (nSPS) is 17.7. The summed E-state index contributed by atoms with van der Waals surface area (Å²) in [6.07, 6.45) is 3.53. The summed E-state index contributed by atoms with van der Waals surface area (Å²) < 4.78 is 0. The number of amides is 1. The number of aromatic nitrogens is 1. The number of nitrogens with zero attached hydrogens (tertiary/aromatic N) is 2. The zero-order valence-electron chi connectivity index (χ0n) is 14.8. The van der Waals surface area contributed by atoms with Crippen LogP contribution in [-0.2, 0) is 11.3 Å². The van der Waals surface area contributed by atoms with Crippen molar-refractivity contribution in [2.75, 3.05) is 18.4 Å². The van der Waals surface area contributed by atoms with E-state index in [1.807, 2.05) is 25.1 Å². The van der Waals surface area contributed by atoms with Gasteiger partial charge in [0, 0.05) is 19.3 Å². The highest BCUT2D eigenvalue weighted by Crippen LogP contribution is 2.20. The topological polar surface area (TPSA) is 82.5 Å². The molecule has 1 aliphatic heterocycles. The summed E-state index contributed by atoms with van der Waals surface area (Å²) in [6.45, 7) is 4.17. The number of carbonyl (C=O) groups is 2. The molecule has 0 bridgehead atoms. The van der Waals surface area contributed by atoms with Gasteiger partial charge in [0.1, 0.15) is 5.82 Å². The number of benzene rings is 1. The molecule has 1 atom stereocenters. The molecule has 2 aromatic rings. The molecule has 0 saturated carbocycles. The van der Waals surface area contributed by atoms with Gasteiger partial charge in [-0.05, 0) is 55.6 Å². The Bertz CT molecular complexity index is 789. The fourth-order valence-corrected chi connectivity index (χ4v) is 3.24. The van der Waals surface area contributed by atoms with Gasteiger partial charge < -0.3 is 10.4 Å². The SMILES string of the molecule is Cc1ccc(NC(=O)C2CCCN(Cc3cccc(C(=O)O)c3)C2)nc1. The number of likely N-dealkylation sites (tertiary alicyclic amines) is 1. The number of carbonyl (C=O) groups excluding carboxylic acids is 1. The average Bonchev–Trinajstić information content (AvgIpc) is 2.64. The molecule has 2 heterocycles. The minimum absolute atomic E-state index is 0.00894. The molecule has 1 fully saturated rings. The van der Waals surface area contributed by atoms with Crippen LogP contribution in [0.2, 0.25) is 0 Å². The molecule has 1 saturated heterocycles. The quantitative estimate of drug-likeness (QED) is 0.864. The number of piperidine rings is 1. The molecule has 3 rings (SSSR count). The van der Waals surface area contributed by atoms with E-state index in [4.69, 9.17) is 5.11 Å². The van der Waals surface area contributed by atoms with E-state index in [-0.39, 0.29) is 11.8 Å². The fraction of sp³-hybridized carbons (Fsp3) is 0.350. The van der Waals surface area contributed by atoms with Crippen LogP contribution in [0.25, 0.3) is 0 Å². The Kier molecular flexibility index (Phi) is 5.63. The summed E-state index contributed by atoms with van der Waals surface area (Å²) in [7, 11) is 0. The first-order valence-corrected chi connectivity index (χ1v) is 8.79. The van der Waals surface area contributed by atoms with E-state index in [1.165, 1.54) is 0 Å². The minimum atomic E-state index is -0.923. The van der Waals surface area contributed by atoms with Gasteiger partial charge in [0.15, 0.2) is 0 Å². The fourth-order valence-electron chi connectivity index (χ4n) is 3.24. The highest BCUT2D eigenvalue weighted by atomic mass is 16.4. The molecule has 1 aromatic carbocycles. The summed E-state index contributed by atoms with van der Waals surface area (Å²) in [4.78, 5) is 30.1. The largest absolute Gasteiger partial charge is 0.478 e. The van der Waals surface area contributed by atoms with Gasteiger partial charge in [0.05, 0.1) is 11.5 Å². The van der Waals surface area contributed by atoms with Gasteiger partial charge in [-0.15, -0.1) is 0 Å². The van der Waals surface area contributed by atoms with E-state index in [1.54, 1.807) is 24.4 Å². The number of carboxylic acids is 1. The number of hydrogen-bond acceptors (Lipinski definition) is 4. The maximum atomic E-state index is 12.5. The van der Waals surface area contributed by atoms with Gasteiger partial charge in [0.2, 0.25) is 5.91 Å². The Hall–Kier alpha value is -2.73. The third-order valence-corrected chi connectivity index (χ3v) is 4.62. The molecule has 26 heavy (non-hydrogen) atoms. The summed E-state index contributed by atoms with van der Waals surface area (Å²) in [6, 6.07) is 10.7. The lowest BCUT2D eigenvalue weighted by Gasteiger charge is -2.32. The monoisotopic (exact) mass is 353 g/mol. The first-order valence-electron chi connectivity index (χ1n) is 8.79. The zero-order valence-corrected chi connectivity index (χ0v) is 14.8. The summed E-state index contributed by atoms with van der Waals surface area (Å²) >= 11 is 0. The summed E-state index contributed by atoms with van der Waals surface area (Å²) in [5.41, 5.74) is 2.29. The van der Waals surface area contributed by atoms with Gasteiger partial charge in [0.25, 0.3) is 0 Å². The van der Waals surface area contributed by atoms with Crippen molar-refractivity contribution in [1.82, 2.24) is 9.88 Å². The number of aryl methyl sites for hydroxylation is 1. The maximum Gasteiger partial charge on any atom is 0.335 e. The predicted octanol–water partition coefficient (Wildman–Crippen LogP) is 2.94. The molecule has 0 aliphatic carbocycles. The van der Waals surface area contributed by atoms with Crippen LogP contribution in [0.3, 0.4) is 0 Å². The number of rotatable bonds is 5. The van der Waals surface area contributed by atoms with Gasteiger partial charge in [-0.3, -0.25) is 9.69 Å². The van der Waals surface area contributed by atoms with Crippen molar-refractivity contribution in [2.24, 2.45) is 5.92 Å². The number of pyridine rings is 1. The standard InChI is InChI=1S/C20H23N3O3/c1-14-7-8-18(21-11-14)22-19(24)17-6-3-9-23(13-17)12-15-4-2-5-16(10-15)20(25)26/h2,4-5,7-8,10-11,17H,3,6,9,12-13H2,1H3,(H,25,26)(H,21,22,24). The summed E-state index contributed by atoms with van der Waals surface area (Å²) in [5.74, 6) is -0.444. The van der Waals surface area contributed by atoms with Crippen molar-refractivity contribution >= 4 is 17.7 Å². The summed E-state index contributed by atoms with van der Waals surface area (Å²) in [5, 5.41) is 12.0. The molecular weight excluding hydrogens is 330 g/mol. The number of hydrogen-bond donors (Lipinski definition) is 2. The van der Waals surface area contributed by atoms with Gasteiger partial charge >= 0.3 is 5.97 Å². The molecule has 1 amide bonds. The lowest BCUT2D eigenvalue weighted by atomic mass is 9.96. The lowest BCUT2D eigenvalue weighted by molar-refractivity contribution is -0.121. The van der Waals surface area contributed by atoms with Gasteiger partial charge in [-0.2, -0.15) is 0 Å². The zero-order chi connectivity index (χ0) is 18.5. The Labute approximate surface area is 152 Å². The molecule has 136 valence electrons. The van der Waals surface area contributed by atoms with E-state index in [0.717, 1.165) is 30.5 Å². The number of aromatic carboxylic acids is 1. The Morgan fingerprint density at radius 2 is 2.15 bits per heavy atom. The average molecular weight is 353 g/mol. The van der Waals surface area contributed by atoms with Crippen LogP contribution < -0.4 is 5.32 Å². The van der Waals surface area contributed by atoms with Crippen molar-refractivity contribution in [3.05, 3.63) is 59.3 Å². The second-order valence-corrected chi connectivity index (χ2v) is 6.79. The molecule has 1 aromatic heterocycles. The Morgan fingerprint density at radius 1 is 1.31 bits per heavy atom. The minimum Gasteiger partial charge on any atom is -0.478 e. The van der Waals surface area contributed by atoms with Crippen molar-refractivity contribution in [3.63, 3.8) is 0 Å². The number of nitrogens with one attached hydrogen (secondary N) is 1. The van der Waals surface area contributed by atoms with Crippen LogP contribution in [0, 0.1) is 12.8 Å². The van der Waals surface area contributed by atoms with Gasteiger partial charge in [-0.25, -0.2) is 9.78 Å². The third kappa shape index (κ3) is 4.67. The van der Waals surface area contributed by atoms with E-state index < -0.39 is 5.97 Å². The molecule has 0 radical (unpaired) electrons. The van der Waals surface area contributed by atoms with Crippen LogP contribution in [0.1, 0.15) is 34.3 Å². The van der Waals surface area contributed by atoms with Crippen LogP contribution in [0.15, 0.2) is 42.6 Å². The molecule has 6 heteroatoms.